The molecule has 0 atom stereocenters. The summed E-state index contributed by atoms with van der Waals surface area (Å²) in [6, 6.07) is 14.1. The highest BCUT2D eigenvalue weighted by Gasteiger charge is 2.33. The predicted molar refractivity (Wildman–Crippen MR) is 127 cm³/mol. The maximum absolute atomic E-state index is 13.0. The fourth-order valence-electron chi connectivity index (χ4n) is 3.08. The molecule has 0 aliphatic rings. The minimum Gasteiger partial charge on any atom is -0.453 e. The molecule has 0 radical (unpaired) electrons. The molecule has 0 aliphatic carbocycles. The van der Waals surface area contributed by atoms with Crippen molar-refractivity contribution in [2.45, 2.75) is 6.18 Å². The topological polar surface area (TPSA) is 102 Å². The van der Waals surface area contributed by atoms with Gasteiger partial charge in [-0.1, -0.05) is 17.7 Å². The number of hydrogen-bond acceptors (Lipinski definition) is 5. The van der Waals surface area contributed by atoms with Crippen LogP contribution in [0.1, 0.15) is 5.56 Å². The normalized spacial score (nSPS) is 11.1. The Bertz CT molecular complexity index is 1350. The van der Waals surface area contributed by atoms with E-state index in [1.807, 2.05) is 6.07 Å². The van der Waals surface area contributed by atoms with Crippen molar-refractivity contribution in [1.29, 1.82) is 0 Å². The number of nitrogens with one attached hydrogen (secondary N) is 2. The van der Waals surface area contributed by atoms with E-state index in [1.54, 1.807) is 55.0 Å². The Morgan fingerprint density at radius 3 is 2.34 bits per heavy atom. The summed E-state index contributed by atoms with van der Waals surface area (Å²) in [6.07, 6.45) is 0.327. The maximum Gasteiger partial charge on any atom is 0.417 e. The van der Waals surface area contributed by atoms with Crippen molar-refractivity contribution in [3.63, 3.8) is 0 Å². The van der Waals surface area contributed by atoms with Gasteiger partial charge in [-0.25, -0.2) is 9.78 Å². The first-order chi connectivity index (χ1) is 16.7. The number of halogens is 4. The lowest BCUT2D eigenvalue weighted by Gasteiger charge is -2.13. The molecule has 4 rings (SSSR count). The quantitative estimate of drug-likeness (QED) is 0.279. The molecule has 0 saturated heterocycles. The van der Waals surface area contributed by atoms with Crippen LogP contribution in [0.25, 0.3) is 11.1 Å². The summed E-state index contributed by atoms with van der Waals surface area (Å²) in [5.41, 5.74) is 6.84. The van der Waals surface area contributed by atoms with Gasteiger partial charge in [-0.3, -0.25) is 4.98 Å². The van der Waals surface area contributed by atoms with E-state index in [4.69, 9.17) is 22.1 Å². The average molecular weight is 500 g/mol. The van der Waals surface area contributed by atoms with Crippen molar-refractivity contribution in [3.05, 3.63) is 89.8 Å². The lowest BCUT2D eigenvalue weighted by Crippen LogP contribution is -2.19. The van der Waals surface area contributed by atoms with Crippen LogP contribution in [-0.4, -0.2) is 16.0 Å². The summed E-state index contributed by atoms with van der Waals surface area (Å²) in [5, 5.41) is 4.42. The Morgan fingerprint density at radius 2 is 1.66 bits per heavy atom. The van der Waals surface area contributed by atoms with Crippen LogP contribution in [-0.2, 0) is 6.18 Å². The molecule has 178 valence electrons. The zero-order valence-electron chi connectivity index (χ0n) is 17.8. The average Bonchev–Trinajstić information content (AvgIpc) is 2.83. The SMILES string of the molecule is Nc1ncc(-c2cccnc2)cc1Oc1ccc(NC(=O)Nc2ccc(Cl)c(C(F)(F)F)c2)cc1. The minimum absolute atomic E-state index is 0.0596. The maximum atomic E-state index is 13.0. The Balaban J connectivity index is 1.41. The van der Waals surface area contributed by atoms with Crippen LogP contribution in [0.2, 0.25) is 5.02 Å². The van der Waals surface area contributed by atoms with Crippen LogP contribution in [0.15, 0.2) is 79.3 Å². The number of carbonyl (C=O) groups excluding carboxylic acids is 1. The van der Waals surface area contributed by atoms with E-state index in [-0.39, 0.29) is 11.5 Å². The molecule has 2 heterocycles. The first-order valence-electron chi connectivity index (χ1n) is 10.1. The number of amides is 2. The van der Waals surface area contributed by atoms with Gasteiger partial charge in [0.05, 0.1) is 10.6 Å². The summed E-state index contributed by atoms with van der Waals surface area (Å²) < 4.78 is 44.8. The van der Waals surface area contributed by atoms with Crippen molar-refractivity contribution in [2.75, 3.05) is 16.4 Å². The van der Waals surface area contributed by atoms with E-state index < -0.39 is 22.8 Å². The summed E-state index contributed by atoms with van der Waals surface area (Å²) in [4.78, 5) is 20.5. The lowest BCUT2D eigenvalue weighted by atomic mass is 10.1. The van der Waals surface area contributed by atoms with Crippen molar-refractivity contribution in [3.8, 4) is 22.6 Å². The number of nitrogens with two attached hydrogens (primary N) is 1. The highest BCUT2D eigenvalue weighted by Crippen LogP contribution is 2.36. The Labute approximate surface area is 202 Å². The third kappa shape index (κ3) is 5.98. The van der Waals surface area contributed by atoms with Crippen LogP contribution in [0.3, 0.4) is 0 Å². The van der Waals surface area contributed by atoms with Crippen LogP contribution in [0.4, 0.5) is 35.2 Å². The van der Waals surface area contributed by atoms with Crippen LogP contribution in [0.5, 0.6) is 11.5 Å². The number of urea groups is 1. The van der Waals surface area contributed by atoms with Crippen molar-refractivity contribution < 1.29 is 22.7 Å². The molecule has 4 N–H and O–H groups in total. The monoisotopic (exact) mass is 499 g/mol. The van der Waals surface area contributed by atoms with Gasteiger partial charge in [0.2, 0.25) is 0 Å². The first kappa shape index (κ1) is 23.8. The number of ether oxygens (including phenoxy) is 1. The fraction of sp³-hybridized carbons (Fsp3) is 0.0417. The molecular weight excluding hydrogens is 483 g/mol. The van der Waals surface area contributed by atoms with Gasteiger partial charge >= 0.3 is 12.2 Å². The van der Waals surface area contributed by atoms with Gasteiger partial charge in [0.1, 0.15) is 5.75 Å². The van der Waals surface area contributed by atoms with Gasteiger partial charge in [0.15, 0.2) is 11.6 Å². The minimum atomic E-state index is -4.64. The number of anilines is 3. The van der Waals surface area contributed by atoms with Crippen molar-refractivity contribution in [1.82, 2.24) is 9.97 Å². The molecule has 0 spiro atoms. The smallest absolute Gasteiger partial charge is 0.417 e. The second kappa shape index (κ2) is 9.90. The lowest BCUT2D eigenvalue weighted by molar-refractivity contribution is -0.137. The number of hydrogen-bond donors (Lipinski definition) is 3. The second-order valence-corrected chi connectivity index (χ2v) is 7.65. The molecule has 2 aromatic carbocycles. The van der Waals surface area contributed by atoms with Crippen LogP contribution >= 0.6 is 11.6 Å². The van der Waals surface area contributed by atoms with Crippen molar-refractivity contribution >= 4 is 34.8 Å². The molecule has 0 unspecified atom stereocenters. The van der Waals surface area contributed by atoms with E-state index in [9.17, 15) is 18.0 Å². The molecule has 0 bridgehead atoms. The third-order valence-corrected chi connectivity index (χ3v) is 5.08. The van der Waals surface area contributed by atoms with Gasteiger partial charge in [-0.15, -0.1) is 0 Å². The van der Waals surface area contributed by atoms with E-state index in [1.165, 1.54) is 6.07 Å². The van der Waals surface area contributed by atoms with Gasteiger partial charge in [-0.2, -0.15) is 13.2 Å². The van der Waals surface area contributed by atoms with E-state index in [2.05, 4.69) is 20.6 Å². The summed E-state index contributed by atoms with van der Waals surface area (Å²) in [5.74, 6) is 0.966. The largest absolute Gasteiger partial charge is 0.453 e. The molecule has 0 aliphatic heterocycles. The number of pyridine rings is 2. The molecule has 7 nitrogen and oxygen atoms in total. The van der Waals surface area contributed by atoms with Crippen molar-refractivity contribution in [2.24, 2.45) is 0 Å². The van der Waals surface area contributed by atoms with Crippen LogP contribution < -0.4 is 21.1 Å². The molecule has 11 heteroatoms. The third-order valence-electron chi connectivity index (χ3n) is 4.75. The number of aromatic nitrogens is 2. The van der Waals surface area contributed by atoms with E-state index in [0.29, 0.717) is 17.2 Å². The molecular formula is C24H17ClF3N5O2. The summed E-state index contributed by atoms with van der Waals surface area (Å²) in [6.45, 7) is 0. The first-order valence-corrected chi connectivity index (χ1v) is 10.5. The standard InChI is InChI=1S/C24H17ClF3N5O2/c25-20-8-5-17(11-19(20)24(26,27)28)33-23(34)32-16-3-6-18(7-4-16)35-21-10-15(13-31-22(21)29)14-2-1-9-30-12-14/h1-13H,(H2,29,31)(H2,32,33,34). The van der Waals surface area contributed by atoms with Crippen LogP contribution in [0, 0.1) is 0 Å². The summed E-state index contributed by atoms with van der Waals surface area (Å²) >= 11 is 5.59. The number of rotatable bonds is 5. The number of benzene rings is 2. The van der Waals surface area contributed by atoms with Gasteiger partial charge in [0, 0.05) is 41.1 Å². The highest BCUT2D eigenvalue weighted by molar-refractivity contribution is 6.31. The number of carbonyl (C=O) groups is 1. The number of nitrogens with zero attached hydrogens (tertiary/aromatic N) is 2. The summed E-state index contributed by atoms with van der Waals surface area (Å²) in [7, 11) is 0. The van der Waals surface area contributed by atoms with E-state index in [0.717, 1.165) is 23.3 Å². The Kier molecular flexibility index (Phi) is 6.74. The van der Waals surface area contributed by atoms with Gasteiger partial charge in [0.25, 0.3) is 0 Å². The zero-order chi connectivity index (χ0) is 25.0. The zero-order valence-corrected chi connectivity index (χ0v) is 18.6. The molecule has 0 saturated carbocycles. The fourth-order valence-corrected chi connectivity index (χ4v) is 3.30. The second-order valence-electron chi connectivity index (χ2n) is 7.25. The number of nitrogen functional groups attached to an aromatic ring is 1. The predicted octanol–water partition coefficient (Wildman–Crippen LogP) is 6.83. The molecule has 2 amide bonds. The Morgan fingerprint density at radius 1 is 0.943 bits per heavy atom. The van der Waals surface area contributed by atoms with Gasteiger partial charge < -0.3 is 21.1 Å². The Hall–Kier alpha value is -4.31. The molecule has 0 fully saturated rings. The van der Waals surface area contributed by atoms with E-state index >= 15 is 0 Å². The molecule has 4 aromatic rings. The molecule has 2 aromatic heterocycles. The number of alkyl halides is 3. The highest BCUT2D eigenvalue weighted by atomic mass is 35.5. The molecule has 35 heavy (non-hydrogen) atoms. The van der Waals surface area contributed by atoms with Gasteiger partial charge in [-0.05, 0) is 54.6 Å².